The van der Waals surface area contributed by atoms with Gasteiger partial charge in [-0.2, -0.15) is 4.99 Å². The minimum atomic E-state index is -0.125. The first kappa shape index (κ1) is 13.4. The van der Waals surface area contributed by atoms with Crippen molar-refractivity contribution in [3.63, 3.8) is 0 Å². The van der Waals surface area contributed by atoms with E-state index in [9.17, 15) is 9.59 Å². The Morgan fingerprint density at radius 1 is 1.00 bits per heavy atom. The molecule has 1 aliphatic carbocycles. The minimum Gasteiger partial charge on any atom is -0.211 e. The highest BCUT2D eigenvalue weighted by atomic mass is 16.1. The topological polar surface area (TPSA) is 58.9 Å². The second-order valence-corrected chi connectivity index (χ2v) is 4.86. The van der Waals surface area contributed by atoms with Gasteiger partial charge < -0.3 is 0 Å². The van der Waals surface area contributed by atoms with Crippen LogP contribution in [0.2, 0.25) is 0 Å². The summed E-state index contributed by atoms with van der Waals surface area (Å²) >= 11 is 0. The van der Waals surface area contributed by atoms with E-state index in [2.05, 4.69) is 9.98 Å². The zero-order valence-corrected chi connectivity index (χ0v) is 10.7. The summed E-state index contributed by atoms with van der Waals surface area (Å²) in [5.41, 5.74) is 1.05. The third kappa shape index (κ3) is 3.47. The van der Waals surface area contributed by atoms with Crippen LogP contribution in [0.4, 0.5) is 0 Å². The van der Waals surface area contributed by atoms with Crippen LogP contribution in [0.1, 0.15) is 37.3 Å². The minimum absolute atomic E-state index is 0.0883. The quantitative estimate of drug-likeness (QED) is 0.614. The molecule has 1 unspecified atom stereocenters. The van der Waals surface area contributed by atoms with Crippen molar-refractivity contribution in [2.75, 3.05) is 0 Å². The molecule has 1 aromatic carbocycles. The second-order valence-electron chi connectivity index (χ2n) is 4.86. The van der Waals surface area contributed by atoms with Gasteiger partial charge in [-0.05, 0) is 37.2 Å². The van der Waals surface area contributed by atoms with Gasteiger partial charge in [0.05, 0.1) is 12.1 Å². The standard InChI is InChI=1S/C15H16N2O2/c18-10-16-14-8-6-13(7-9-14)15(17-11-19)12-4-2-1-3-5-12/h1-5,13-15H,6-9H2. The maximum absolute atomic E-state index is 10.6. The molecule has 4 nitrogen and oxygen atoms in total. The van der Waals surface area contributed by atoms with Crippen LogP contribution in [0.3, 0.4) is 0 Å². The Bertz CT molecular complexity index is 494. The van der Waals surface area contributed by atoms with E-state index in [0.717, 1.165) is 31.2 Å². The number of hydrogen-bond donors (Lipinski definition) is 0. The Kier molecular flexibility index (Phi) is 4.79. The molecule has 19 heavy (non-hydrogen) atoms. The molecule has 1 aromatic rings. The largest absolute Gasteiger partial charge is 0.235 e. The van der Waals surface area contributed by atoms with E-state index in [1.807, 2.05) is 30.3 Å². The van der Waals surface area contributed by atoms with E-state index in [4.69, 9.17) is 0 Å². The highest BCUT2D eigenvalue weighted by Gasteiger charge is 2.28. The van der Waals surface area contributed by atoms with E-state index in [-0.39, 0.29) is 12.1 Å². The smallest absolute Gasteiger partial charge is 0.211 e. The van der Waals surface area contributed by atoms with E-state index in [1.165, 1.54) is 0 Å². The van der Waals surface area contributed by atoms with Crippen LogP contribution >= 0.6 is 0 Å². The first-order chi connectivity index (χ1) is 9.35. The molecule has 0 aliphatic heterocycles. The second kappa shape index (κ2) is 6.79. The van der Waals surface area contributed by atoms with Crippen molar-refractivity contribution in [3.05, 3.63) is 35.9 Å². The Hall–Kier alpha value is -2.02. The lowest BCUT2D eigenvalue weighted by Gasteiger charge is -2.29. The van der Waals surface area contributed by atoms with Crippen LogP contribution in [-0.2, 0) is 9.59 Å². The lowest BCUT2D eigenvalue weighted by molar-refractivity contribution is 0.286. The van der Waals surface area contributed by atoms with Crippen molar-refractivity contribution in [3.8, 4) is 0 Å². The molecular weight excluding hydrogens is 240 g/mol. The molecular formula is C15H16N2O2. The van der Waals surface area contributed by atoms with Crippen LogP contribution in [0.15, 0.2) is 40.3 Å². The SMILES string of the molecule is O=C=NC1CCC(C(N=C=O)c2ccccc2)CC1. The Morgan fingerprint density at radius 2 is 1.68 bits per heavy atom. The zero-order chi connectivity index (χ0) is 13.5. The predicted molar refractivity (Wildman–Crippen MR) is 71.2 cm³/mol. The fourth-order valence-corrected chi connectivity index (χ4v) is 2.78. The molecule has 0 radical (unpaired) electrons. The molecule has 0 bridgehead atoms. The Labute approximate surface area is 112 Å². The average molecular weight is 256 g/mol. The van der Waals surface area contributed by atoms with Gasteiger partial charge in [0.1, 0.15) is 0 Å². The highest BCUT2D eigenvalue weighted by molar-refractivity contribution is 5.36. The molecule has 1 atom stereocenters. The van der Waals surface area contributed by atoms with Crippen molar-refractivity contribution >= 4 is 12.2 Å². The molecule has 0 spiro atoms. The van der Waals surface area contributed by atoms with Crippen molar-refractivity contribution in [2.24, 2.45) is 15.9 Å². The van der Waals surface area contributed by atoms with Crippen LogP contribution in [0.25, 0.3) is 0 Å². The molecule has 1 saturated carbocycles. The number of aliphatic imine (C=N–C) groups is 2. The molecule has 2 rings (SSSR count). The van der Waals surface area contributed by atoms with Crippen LogP contribution < -0.4 is 0 Å². The fraction of sp³-hybridized carbons (Fsp3) is 0.467. The van der Waals surface area contributed by atoms with Gasteiger partial charge in [-0.15, -0.1) is 0 Å². The van der Waals surface area contributed by atoms with Gasteiger partial charge in [-0.25, -0.2) is 14.6 Å². The summed E-state index contributed by atoms with van der Waals surface area (Å²) in [6, 6.07) is 9.78. The maximum atomic E-state index is 10.6. The van der Waals surface area contributed by atoms with Gasteiger partial charge in [0, 0.05) is 0 Å². The number of hydrogen-bond acceptors (Lipinski definition) is 4. The monoisotopic (exact) mass is 256 g/mol. The Morgan fingerprint density at radius 3 is 2.26 bits per heavy atom. The summed E-state index contributed by atoms with van der Waals surface area (Å²) in [5, 5.41) is 0. The lowest BCUT2D eigenvalue weighted by atomic mass is 9.79. The predicted octanol–water partition coefficient (Wildman–Crippen LogP) is 2.96. The lowest BCUT2D eigenvalue weighted by Crippen LogP contribution is -2.21. The number of benzene rings is 1. The summed E-state index contributed by atoms with van der Waals surface area (Å²) in [7, 11) is 0. The van der Waals surface area contributed by atoms with Gasteiger partial charge in [0.2, 0.25) is 12.2 Å². The third-order valence-electron chi connectivity index (χ3n) is 3.76. The molecule has 0 amide bonds. The van der Waals surface area contributed by atoms with Crippen molar-refractivity contribution in [1.29, 1.82) is 0 Å². The molecule has 4 heteroatoms. The normalized spacial score (nSPS) is 23.8. The highest BCUT2D eigenvalue weighted by Crippen LogP contribution is 2.37. The molecule has 0 aromatic heterocycles. The molecule has 1 fully saturated rings. The van der Waals surface area contributed by atoms with Crippen molar-refractivity contribution in [2.45, 2.75) is 37.8 Å². The van der Waals surface area contributed by atoms with Crippen LogP contribution in [0, 0.1) is 5.92 Å². The van der Waals surface area contributed by atoms with Crippen molar-refractivity contribution < 1.29 is 9.59 Å². The first-order valence-electron chi connectivity index (χ1n) is 6.54. The van der Waals surface area contributed by atoms with E-state index < -0.39 is 0 Å². The van der Waals surface area contributed by atoms with Crippen LogP contribution in [-0.4, -0.2) is 18.2 Å². The summed E-state index contributed by atoms with van der Waals surface area (Å²) in [5.74, 6) is 0.321. The molecule has 98 valence electrons. The Balaban J connectivity index is 2.10. The summed E-state index contributed by atoms with van der Waals surface area (Å²) in [6.07, 6.45) is 6.87. The number of nitrogens with zero attached hydrogens (tertiary/aromatic N) is 2. The summed E-state index contributed by atoms with van der Waals surface area (Å²) in [4.78, 5) is 28.6. The molecule has 0 N–H and O–H groups in total. The van der Waals surface area contributed by atoms with E-state index >= 15 is 0 Å². The van der Waals surface area contributed by atoms with Gasteiger partial charge >= 0.3 is 0 Å². The number of rotatable bonds is 4. The number of carbonyl (C=O) groups excluding carboxylic acids is 2. The first-order valence-corrected chi connectivity index (χ1v) is 6.54. The molecule has 0 heterocycles. The fourth-order valence-electron chi connectivity index (χ4n) is 2.78. The van der Waals surface area contributed by atoms with Gasteiger partial charge in [0.15, 0.2) is 0 Å². The van der Waals surface area contributed by atoms with Gasteiger partial charge in [-0.1, -0.05) is 30.3 Å². The van der Waals surface area contributed by atoms with E-state index in [1.54, 1.807) is 12.2 Å². The third-order valence-corrected chi connectivity index (χ3v) is 3.76. The van der Waals surface area contributed by atoms with Gasteiger partial charge in [0.25, 0.3) is 0 Å². The maximum Gasteiger partial charge on any atom is 0.235 e. The van der Waals surface area contributed by atoms with Crippen molar-refractivity contribution in [1.82, 2.24) is 0 Å². The van der Waals surface area contributed by atoms with E-state index in [0.29, 0.717) is 5.92 Å². The average Bonchev–Trinajstić information content (AvgIpc) is 2.47. The number of isocyanates is 2. The zero-order valence-electron chi connectivity index (χ0n) is 10.7. The summed E-state index contributed by atoms with van der Waals surface area (Å²) in [6.45, 7) is 0. The molecule has 0 saturated heterocycles. The summed E-state index contributed by atoms with van der Waals surface area (Å²) < 4.78 is 0. The van der Waals surface area contributed by atoms with Crippen LogP contribution in [0.5, 0.6) is 0 Å². The van der Waals surface area contributed by atoms with Gasteiger partial charge in [-0.3, -0.25) is 0 Å². The molecule has 1 aliphatic rings.